The Morgan fingerprint density at radius 1 is 1.21 bits per heavy atom. The second-order valence-corrected chi connectivity index (χ2v) is 9.16. The van der Waals surface area contributed by atoms with Gasteiger partial charge in [-0.2, -0.15) is 11.8 Å². The molecule has 1 aromatic heterocycles. The minimum Gasteiger partial charge on any atom is -0.411 e. The Bertz CT molecular complexity index is 1030. The van der Waals surface area contributed by atoms with Crippen LogP contribution in [0.25, 0.3) is 10.9 Å². The van der Waals surface area contributed by atoms with Crippen molar-refractivity contribution in [3.8, 4) is 0 Å². The van der Waals surface area contributed by atoms with Crippen molar-refractivity contribution in [1.82, 2.24) is 4.57 Å². The van der Waals surface area contributed by atoms with E-state index in [0.29, 0.717) is 22.2 Å². The molecule has 0 amide bonds. The van der Waals surface area contributed by atoms with Crippen molar-refractivity contribution < 1.29 is 5.21 Å². The predicted molar refractivity (Wildman–Crippen MR) is 126 cm³/mol. The van der Waals surface area contributed by atoms with Crippen LogP contribution in [0.2, 0.25) is 10.0 Å². The molecule has 1 N–H and O–H groups in total. The first-order chi connectivity index (χ1) is 13.5. The zero-order valence-electron chi connectivity index (χ0n) is 15.7. The van der Waals surface area contributed by atoms with E-state index in [2.05, 4.69) is 31.9 Å². The number of hydrogen-bond acceptors (Lipinski definition) is 3. The van der Waals surface area contributed by atoms with E-state index in [4.69, 9.17) is 23.2 Å². The molecule has 3 aromatic rings. The molecule has 0 aliphatic rings. The lowest BCUT2D eigenvalue weighted by atomic mass is 9.99. The van der Waals surface area contributed by atoms with Crippen molar-refractivity contribution in [2.75, 3.05) is 12.0 Å². The van der Waals surface area contributed by atoms with Crippen LogP contribution in [0.3, 0.4) is 0 Å². The van der Waals surface area contributed by atoms with Gasteiger partial charge >= 0.3 is 0 Å². The fraction of sp³-hybridized carbons (Fsp3) is 0.286. The van der Waals surface area contributed by atoms with Gasteiger partial charge in [-0.25, -0.2) is 0 Å². The summed E-state index contributed by atoms with van der Waals surface area (Å²) in [6, 6.07) is 11.7. The zero-order chi connectivity index (χ0) is 20.3. The van der Waals surface area contributed by atoms with Gasteiger partial charge in [-0.05, 0) is 43.0 Å². The second-order valence-electron chi connectivity index (χ2n) is 6.53. The quantitative estimate of drug-likeness (QED) is 0.161. The average Bonchev–Trinajstić information content (AvgIpc) is 2.97. The van der Waals surface area contributed by atoms with Crippen LogP contribution in [0.5, 0.6) is 0 Å². The van der Waals surface area contributed by atoms with Crippen LogP contribution in [0, 0.1) is 6.92 Å². The molecule has 2 aromatic carbocycles. The lowest BCUT2D eigenvalue weighted by Crippen LogP contribution is -2.09. The van der Waals surface area contributed by atoms with Gasteiger partial charge in [0.05, 0.1) is 21.3 Å². The van der Waals surface area contributed by atoms with Crippen molar-refractivity contribution in [3.63, 3.8) is 0 Å². The first-order valence-electron chi connectivity index (χ1n) is 8.90. The fourth-order valence-corrected chi connectivity index (χ4v) is 4.77. The highest BCUT2D eigenvalue weighted by molar-refractivity contribution is 9.10. The molecule has 0 aliphatic carbocycles. The van der Waals surface area contributed by atoms with E-state index in [9.17, 15) is 5.21 Å². The van der Waals surface area contributed by atoms with Crippen LogP contribution in [0.1, 0.15) is 23.2 Å². The smallest absolute Gasteiger partial charge is 0.0936 e. The molecule has 3 nitrogen and oxygen atoms in total. The van der Waals surface area contributed by atoms with E-state index in [1.807, 2.05) is 49.0 Å². The van der Waals surface area contributed by atoms with Crippen molar-refractivity contribution >= 4 is 67.5 Å². The Morgan fingerprint density at radius 2 is 1.96 bits per heavy atom. The number of hydrogen-bond donors (Lipinski definition) is 1. The number of halogens is 3. The van der Waals surface area contributed by atoms with E-state index in [0.717, 1.165) is 50.9 Å². The molecule has 0 radical (unpaired) electrons. The van der Waals surface area contributed by atoms with Crippen molar-refractivity contribution in [1.29, 1.82) is 0 Å². The summed E-state index contributed by atoms with van der Waals surface area (Å²) in [5.74, 6) is 1.06. The summed E-state index contributed by atoms with van der Waals surface area (Å²) < 4.78 is 3.18. The third kappa shape index (κ3) is 4.23. The summed E-state index contributed by atoms with van der Waals surface area (Å²) in [7, 11) is 0. The molecular weight excluding hydrogens is 479 g/mol. The van der Waals surface area contributed by atoms with Gasteiger partial charge in [0.15, 0.2) is 0 Å². The van der Waals surface area contributed by atoms with E-state index in [-0.39, 0.29) is 0 Å². The summed E-state index contributed by atoms with van der Waals surface area (Å²) in [6.07, 6.45) is 3.62. The van der Waals surface area contributed by atoms with Gasteiger partial charge in [0.25, 0.3) is 0 Å². The molecule has 1 heterocycles. The van der Waals surface area contributed by atoms with E-state index >= 15 is 0 Å². The molecule has 148 valence electrons. The predicted octanol–water partition coefficient (Wildman–Crippen LogP) is 7.19. The van der Waals surface area contributed by atoms with E-state index < -0.39 is 0 Å². The van der Waals surface area contributed by atoms with Crippen LogP contribution in [0.4, 0.5) is 0 Å². The summed E-state index contributed by atoms with van der Waals surface area (Å²) in [6.45, 7) is 2.88. The Hall–Kier alpha value is -1.14. The number of benzene rings is 2. The SMILES string of the molecule is CSCCCn1c(C)c(C(Cc2ccccc2Br)=NO)c2ccc(Cl)c(Cl)c21. The van der Waals surface area contributed by atoms with Crippen LogP contribution < -0.4 is 0 Å². The number of nitrogens with zero attached hydrogens (tertiary/aromatic N) is 2. The topological polar surface area (TPSA) is 37.5 Å². The summed E-state index contributed by atoms with van der Waals surface area (Å²) in [4.78, 5) is 0. The third-order valence-corrected chi connectivity index (χ3v) is 7.10. The molecule has 0 saturated carbocycles. The fourth-order valence-electron chi connectivity index (χ4n) is 3.51. The van der Waals surface area contributed by atoms with Gasteiger partial charge in [-0.15, -0.1) is 0 Å². The number of thioether (sulfide) groups is 1. The Morgan fingerprint density at radius 3 is 2.64 bits per heavy atom. The maximum absolute atomic E-state index is 9.86. The lowest BCUT2D eigenvalue weighted by Gasteiger charge is -2.10. The highest BCUT2D eigenvalue weighted by Crippen LogP contribution is 2.37. The normalized spacial score (nSPS) is 12.1. The van der Waals surface area contributed by atoms with Crippen LogP contribution in [-0.2, 0) is 13.0 Å². The van der Waals surface area contributed by atoms with Gasteiger partial charge in [-0.1, -0.05) is 68.6 Å². The molecule has 3 rings (SSSR count). The standard InChI is InChI=1S/C21H21BrCl2N2OS/c1-13-19(18(25-27)12-14-6-3-4-7-16(14)22)15-8-9-17(23)20(24)21(15)26(13)10-5-11-28-2/h3-4,6-9,27H,5,10-12H2,1-2H3. The number of fused-ring (bicyclic) bond motifs is 1. The number of aromatic nitrogens is 1. The number of aryl methyl sites for hydroxylation is 1. The molecule has 7 heteroatoms. The molecule has 0 fully saturated rings. The van der Waals surface area contributed by atoms with E-state index in [1.165, 1.54) is 0 Å². The molecule has 0 saturated heterocycles. The monoisotopic (exact) mass is 498 g/mol. The highest BCUT2D eigenvalue weighted by Gasteiger charge is 2.22. The molecule has 0 atom stereocenters. The highest BCUT2D eigenvalue weighted by atomic mass is 79.9. The van der Waals surface area contributed by atoms with Crippen LogP contribution in [0.15, 0.2) is 46.0 Å². The Kier molecular flexibility index (Phi) is 7.37. The van der Waals surface area contributed by atoms with Gasteiger partial charge < -0.3 is 9.77 Å². The van der Waals surface area contributed by atoms with Crippen LogP contribution in [-0.4, -0.2) is 27.5 Å². The van der Waals surface area contributed by atoms with Crippen molar-refractivity contribution in [2.45, 2.75) is 26.3 Å². The summed E-state index contributed by atoms with van der Waals surface area (Å²) >= 11 is 18.3. The number of rotatable bonds is 7. The maximum Gasteiger partial charge on any atom is 0.0936 e. The summed E-state index contributed by atoms with van der Waals surface area (Å²) in [5.41, 5.74) is 4.50. The Balaban J connectivity index is 2.15. The maximum atomic E-state index is 9.86. The first-order valence-corrected chi connectivity index (χ1v) is 11.8. The van der Waals surface area contributed by atoms with E-state index in [1.54, 1.807) is 6.07 Å². The lowest BCUT2D eigenvalue weighted by molar-refractivity contribution is 0.318. The molecule has 0 unspecified atom stereocenters. The second kappa shape index (κ2) is 9.57. The van der Waals surface area contributed by atoms with Gasteiger partial charge in [0, 0.05) is 34.1 Å². The Labute approximate surface area is 187 Å². The van der Waals surface area contributed by atoms with Crippen molar-refractivity contribution in [3.05, 3.63) is 67.7 Å². The molecule has 0 aliphatic heterocycles. The average molecular weight is 500 g/mol. The zero-order valence-corrected chi connectivity index (χ0v) is 19.6. The molecule has 28 heavy (non-hydrogen) atoms. The minimum atomic E-state index is 0.503. The molecule has 0 bridgehead atoms. The number of oxime groups is 1. The van der Waals surface area contributed by atoms with Gasteiger partial charge in [0.2, 0.25) is 0 Å². The third-order valence-electron chi connectivity index (χ3n) is 4.83. The molecular formula is C21H21BrCl2N2OS. The first kappa shape index (κ1) is 21.6. The van der Waals surface area contributed by atoms with Gasteiger partial charge in [0.1, 0.15) is 0 Å². The van der Waals surface area contributed by atoms with Crippen LogP contribution >= 0.6 is 50.9 Å². The van der Waals surface area contributed by atoms with Crippen molar-refractivity contribution in [2.24, 2.45) is 5.16 Å². The summed E-state index contributed by atoms with van der Waals surface area (Å²) in [5, 5.41) is 15.6. The minimum absolute atomic E-state index is 0.503. The molecule has 0 spiro atoms. The van der Waals surface area contributed by atoms with Gasteiger partial charge in [-0.3, -0.25) is 0 Å². The largest absolute Gasteiger partial charge is 0.411 e.